The second-order valence-corrected chi connectivity index (χ2v) is 13.6. The van der Waals surface area contributed by atoms with Crippen molar-refractivity contribution in [3.63, 3.8) is 0 Å². The lowest BCUT2D eigenvalue weighted by Crippen LogP contribution is -2.72. The van der Waals surface area contributed by atoms with Crippen LogP contribution in [-0.4, -0.2) is 104 Å². The SMILES string of the molecule is C[C@H](O/N=C(\C(=O)NC1C(=O)N2C(C(=O)[O-])=C(C[N+]34CCC(C(N)=O)(CC3)CC4)CSC12)c1nc(N)sc1Cl)C(=O)O. The minimum absolute atomic E-state index is 0.00982. The number of primary amides is 1. The summed E-state index contributed by atoms with van der Waals surface area (Å²) < 4.78 is 0.602. The molecule has 0 aliphatic carbocycles. The van der Waals surface area contributed by atoms with Crippen LogP contribution in [0.2, 0.25) is 4.34 Å². The number of quaternary nitrogens is 1. The van der Waals surface area contributed by atoms with E-state index in [-0.39, 0.29) is 26.8 Å². The van der Waals surface area contributed by atoms with Crippen LogP contribution in [0, 0.1) is 5.41 Å². The molecular weight excluding hydrogens is 614 g/mol. The number of nitrogens with two attached hydrogens (primary N) is 2. The quantitative estimate of drug-likeness (QED) is 0.0990. The predicted molar refractivity (Wildman–Crippen MR) is 149 cm³/mol. The smallest absolute Gasteiger partial charge is 0.347 e. The summed E-state index contributed by atoms with van der Waals surface area (Å²) in [6.07, 6.45) is 0.493. The first-order valence-electron chi connectivity index (χ1n) is 13.0. The molecule has 6 N–H and O–H groups in total. The van der Waals surface area contributed by atoms with Crippen LogP contribution in [0.25, 0.3) is 0 Å². The molecule has 0 saturated carbocycles. The Labute approximate surface area is 252 Å². The summed E-state index contributed by atoms with van der Waals surface area (Å²) in [5, 5.41) is 26.8. The van der Waals surface area contributed by atoms with Crippen LogP contribution >= 0.6 is 34.7 Å². The number of carbonyl (C=O) groups excluding carboxylic acids is 4. The number of oxime groups is 1. The first kappa shape index (κ1) is 30.1. The van der Waals surface area contributed by atoms with E-state index in [1.165, 1.54) is 18.7 Å². The predicted octanol–water partition coefficient (Wildman–Crippen LogP) is -1.54. The molecule has 4 fully saturated rings. The van der Waals surface area contributed by atoms with Crippen molar-refractivity contribution >= 4 is 75.2 Å². The molecule has 1 aromatic rings. The summed E-state index contributed by atoms with van der Waals surface area (Å²) in [6, 6.07) is -1.12. The molecule has 4 saturated heterocycles. The molecule has 42 heavy (non-hydrogen) atoms. The van der Waals surface area contributed by atoms with Gasteiger partial charge in [-0.15, -0.1) is 11.8 Å². The van der Waals surface area contributed by atoms with E-state index < -0.39 is 52.4 Å². The highest BCUT2D eigenvalue weighted by atomic mass is 35.5. The molecular formula is C24H28ClN7O8S2. The summed E-state index contributed by atoms with van der Waals surface area (Å²) in [6.45, 7) is 3.65. The number of anilines is 1. The Kier molecular flexibility index (Phi) is 7.88. The molecule has 0 spiro atoms. The van der Waals surface area contributed by atoms with Crippen molar-refractivity contribution in [1.29, 1.82) is 0 Å². The number of hydrogen-bond acceptors (Lipinski definition) is 12. The van der Waals surface area contributed by atoms with E-state index in [0.29, 0.717) is 61.3 Å². The molecule has 226 valence electrons. The molecule has 15 nitrogen and oxygen atoms in total. The topological polar surface area (TPSA) is 230 Å². The van der Waals surface area contributed by atoms with Gasteiger partial charge in [0.15, 0.2) is 10.8 Å². The van der Waals surface area contributed by atoms with Crippen molar-refractivity contribution in [3.8, 4) is 0 Å². The molecule has 3 amide bonds. The van der Waals surface area contributed by atoms with Gasteiger partial charge in [-0.2, -0.15) is 0 Å². The maximum absolute atomic E-state index is 13.3. The molecule has 6 rings (SSSR count). The largest absolute Gasteiger partial charge is 0.543 e. The lowest BCUT2D eigenvalue weighted by molar-refractivity contribution is -0.940. The fourth-order valence-electron chi connectivity index (χ4n) is 5.91. The lowest BCUT2D eigenvalue weighted by atomic mass is 9.70. The van der Waals surface area contributed by atoms with Crippen molar-refractivity contribution in [2.24, 2.45) is 16.3 Å². The third-order valence-electron chi connectivity index (χ3n) is 8.46. The van der Waals surface area contributed by atoms with E-state index in [9.17, 15) is 29.1 Å². The molecule has 3 atom stereocenters. The van der Waals surface area contributed by atoms with Gasteiger partial charge < -0.3 is 41.1 Å². The number of nitrogens with zero attached hydrogens (tertiary/aromatic N) is 4. The molecule has 6 heterocycles. The maximum atomic E-state index is 13.3. The van der Waals surface area contributed by atoms with Gasteiger partial charge in [0.1, 0.15) is 28.0 Å². The number of carboxylic acids is 2. The van der Waals surface area contributed by atoms with Gasteiger partial charge in [0, 0.05) is 30.6 Å². The first-order valence-corrected chi connectivity index (χ1v) is 15.2. The number of aliphatic carboxylic acids is 2. The fourth-order valence-corrected chi connectivity index (χ4v) is 8.17. The van der Waals surface area contributed by atoms with E-state index in [1.54, 1.807) is 0 Å². The summed E-state index contributed by atoms with van der Waals surface area (Å²) in [5.41, 5.74) is 10.5. The van der Waals surface area contributed by atoms with Gasteiger partial charge in [-0.1, -0.05) is 28.1 Å². The number of aromatic nitrogens is 1. The van der Waals surface area contributed by atoms with E-state index in [0.717, 1.165) is 16.2 Å². The summed E-state index contributed by atoms with van der Waals surface area (Å²) >= 11 is 8.30. The zero-order valence-electron chi connectivity index (χ0n) is 22.3. The maximum Gasteiger partial charge on any atom is 0.347 e. The number of nitrogen functional groups attached to an aromatic ring is 1. The highest BCUT2D eigenvalue weighted by molar-refractivity contribution is 8.00. The Hall–Kier alpha value is -3.41. The van der Waals surface area contributed by atoms with Crippen LogP contribution in [0.3, 0.4) is 0 Å². The van der Waals surface area contributed by atoms with Crippen molar-refractivity contribution in [2.75, 3.05) is 37.7 Å². The molecule has 2 unspecified atom stereocenters. The van der Waals surface area contributed by atoms with Gasteiger partial charge in [0.25, 0.3) is 11.8 Å². The number of piperidine rings is 3. The van der Waals surface area contributed by atoms with Crippen LogP contribution < -0.4 is 21.9 Å². The number of carbonyl (C=O) groups is 5. The molecule has 5 aliphatic rings. The van der Waals surface area contributed by atoms with Gasteiger partial charge in [-0.3, -0.25) is 19.3 Å². The van der Waals surface area contributed by atoms with Crippen molar-refractivity contribution < 1.29 is 43.5 Å². The van der Waals surface area contributed by atoms with Crippen LogP contribution in [0.5, 0.6) is 0 Å². The highest BCUT2D eigenvalue weighted by Gasteiger charge is 2.56. The number of halogens is 1. The third kappa shape index (κ3) is 5.18. The summed E-state index contributed by atoms with van der Waals surface area (Å²) in [5.74, 6) is -4.43. The number of β-lactam (4-membered cyclic amide) rings is 1. The molecule has 2 bridgehead atoms. The van der Waals surface area contributed by atoms with E-state index >= 15 is 0 Å². The van der Waals surface area contributed by atoms with Gasteiger partial charge in [-0.05, 0) is 6.92 Å². The number of thiazole rings is 1. The van der Waals surface area contributed by atoms with Crippen LogP contribution in [0.4, 0.5) is 5.13 Å². The minimum Gasteiger partial charge on any atom is -0.543 e. The van der Waals surface area contributed by atoms with E-state index in [2.05, 4.69) is 15.5 Å². The second kappa shape index (κ2) is 11.0. The van der Waals surface area contributed by atoms with E-state index in [4.69, 9.17) is 33.0 Å². The lowest BCUT2D eigenvalue weighted by Gasteiger charge is -2.55. The summed E-state index contributed by atoms with van der Waals surface area (Å²) in [4.78, 5) is 72.0. The number of nitrogens with one attached hydrogen (secondary N) is 1. The third-order valence-corrected chi connectivity index (χ3v) is 10.9. The number of hydrogen-bond donors (Lipinski definition) is 4. The van der Waals surface area contributed by atoms with Crippen molar-refractivity contribution in [1.82, 2.24) is 15.2 Å². The Morgan fingerprint density at radius 2 is 1.95 bits per heavy atom. The monoisotopic (exact) mass is 641 g/mol. The number of thioether (sulfide) groups is 1. The number of fused-ring (bicyclic) bond motifs is 4. The number of rotatable bonds is 10. The zero-order chi connectivity index (χ0) is 30.6. The van der Waals surface area contributed by atoms with Gasteiger partial charge in [-0.25, -0.2) is 9.78 Å². The Morgan fingerprint density at radius 3 is 2.48 bits per heavy atom. The first-order chi connectivity index (χ1) is 19.8. The molecule has 5 aliphatic heterocycles. The average molecular weight is 642 g/mol. The van der Waals surface area contributed by atoms with Gasteiger partial charge >= 0.3 is 5.97 Å². The van der Waals surface area contributed by atoms with Gasteiger partial charge in [0.2, 0.25) is 12.0 Å². The Morgan fingerprint density at radius 1 is 1.31 bits per heavy atom. The van der Waals surface area contributed by atoms with Crippen LogP contribution in [0.1, 0.15) is 31.9 Å². The molecule has 1 aromatic heterocycles. The second-order valence-electron chi connectivity index (χ2n) is 10.9. The van der Waals surface area contributed by atoms with Crippen LogP contribution in [-0.2, 0) is 28.8 Å². The molecule has 18 heteroatoms. The molecule has 0 aromatic carbocycles. The standard InChI is InChI=1S/C24H28ClN7O8S2/c1-10(20(35)36)40-30-13(12-16(25)42-23(27)29-12)17(33)28-14-18(34)31-15(21(37)38)11(9-41-19(14)31)8-32-5-2-24(3-6-32,4-7-32)22(26)39/h10,14,19H,2-9H2,1H3,(H6-,26,27,28,29,33,35,36,37,38,39)/b30-13-/t10-,14?,19?,24?,32?/m0/s1. The number of carboxylic acid groups (broad SMARTS) is 2. The summed E-state index contributed by atoms with van der Waals surface area (Å²) in [7, 11) is 0. The number of amides is 3. The van der Waals surface area contributed by atoms with E-state index in [1.807, 2.05) is 0 Å². The normalized spacial score (nSPS) is 29.4. The fraction of sp³-hybridized carbons (Fsp3) is 0.542. The van der Waals surface area contributed by atoms with Crippen LogP contribution in [0.15, 0.2) is 16.4 Å². The Bertz CT molecular complexity index is 1420. The Balaban J connectivity index is 1.34. The average Bonchev–Trinajstić information content (AvgIpc) is 3.28. The molecule has 0 radical (unpaired) electrons. The zero-order valence-corrected chi connectivity index (χ0v) is 24.7. The van der Waals surface area contributed by atoms with Crippen molar-refractivity contribution in [3.05, 3.63) is 21.3 Å². The van der Waals surface area contributed by atoms with Crippen molar-refractivity contribution in [2.45, 2.75) is 43.7 Å². The minimum atomic E-state index is -1.49. The highest BCUT2D eigenvalue weighted by Crippen LogP contribution is 2.46. The van der Waals surface area contributed by atoms with Gasteiger partial charge in [0.05, 0.1) is 36.7 Å².